The van der Waals surface area contributed by atoms with Crippen LogP contribution in [0.1, 0.15) is 39.0 Å². The lowest BCUT2D eigenvalue weighted by molar-refractivity contribution is -0.141. The number of carbonyl (C=O) groups is 2. The van der Waals surface area contributed by atoms with Crippen LogP contribution in [0.3, 0.4) is 0 Å². The molecule has 0 aromatic heterocycles. The normalized spacial score (nSPS) is 18.2. The monoisotopic (exact) mass is 255 g/mol. The molecule has 0 radical (unpaired) electrons. The summed E-state index contributed by atoms with van der Waals surface area (Å²) in [4.78, 5) is 25.6. The average molecular weight is 255 g/mol. The molecule has 0 aromatic rings. The molecule has 2 amide bonds. The van der Waals surface area contributed by atoms with Crippen molar-refractivity contribution in [3.05, 3.63) is 0 Å². The molecule has 1 aliphatic carbocycles. The van der Waals surface area contributed by atoms with Gasteiger partial charge in [-0.05, 0) is 19.9 Å². The Kier molecular flexibility index (Phi) is 5.59. The third-order valence-electron chi connectivity index (χ3n) is 3.58. The van der Waals surface area contributed by atoms with Crippen molar-refractivity contribution in [2.24, 2.45) is 0 Å². The highest BCUT2D eigenvalue weighted by atomic mass is 16.2. The van der Waals surface area contributed by atoms with Crippen molar-refractivity contribution in [3.8, 4) is 0 Å². The third kappa shape index (κ3) is 3.70. The summed E-state index contributed by atoms with van der Waals surface area (Å²) in [6, 6.07) is 0. The Balaban J connectivity index is 2.75. The number of hydrogen-bond acceptors (Lipinski definition) is 3. The molecule has 5 nitrogen and oxygen atoms in total. The molecule has 1 rings (SSSR count). The van der Waals surface area contributed by atoms with Gasteiger partial charge in [-0.2, -0.15) is 0 Å². The molecule has 0 spiro atoms. The number of carbonyl (C=O) groups excluding carboxylic acids is 2. The summed E-state index contributed by atoms with van der Waals surface area (Å²) >= 11 is 0. The van der Waals surface area contributed by atoms with Gasteiger partial charge in [0.05, 0.1) is 0 Å². The highest BCUT2D eigenvalue weighted by molar-refractivity contribution is 5.90. The molecule has 5 heteroatoms. The molecular weight excluding hydrogens is 230 g/mol. The van der Waals surface area contributed by atoms with Gasteiger partial charge < -0.3 is 15.5 Å². The first kappa shape index (κ1) is 15.0. The van der Waals surface area contributed by atoms with Crippen LogP contribution in [-0.4, -0.2) is 49.4 Å². The lowest BCUT2D eigenvalue weighted by atomic mass is 9.80. The van der Waals surface area contributed by atoms with Crippen LogP contribution in [-0.2, 0) is 9.59 Å². The van der Waals surface area contributed by atoms with Crippen LogP contribution in [0, 0.1) is 0 Å². The summed E-state index contributed by atoms with van der Waals surface area (Å²) in [5, 5.41) is 5.93. The minimum Gasteiger partial charge on any atom is -0.342 e. The summed E-state index contributed by atoms with van der Waals surface area (Å²) in [7, 11) is 3.67. The second-order valence-electron chi connectivity index (χ2n) is 5.15. The summed E-state index contributed by atoms with van der Waals surface area (Å²) in [5.41, 5.74) is -0.660. The maximum atomic E-state index is 12.5. The maximum Gasteiger partial charge on any atom is 0.248 e. The fourth-order valence-electron chi connectivity index (χ4n) is 2.63. The Bertz CT molecular complexity index is 299. The van der Waals surface area contributed by atoms with Gasteiger partial charge in [0, 0.05) is 27.1 Å². The molecule has 1 aliphatic rings. The van der Waals surface area contributed by atoms with Crippen LogP contribution in [0.25, 0.3) is 0 Å². The second kappa shape index (κ2) is 6.73. The molecule has 0 aromatic carbocycles. The van der Waals surface area contributed by atoms with Gasteiger partial charge in [0.25, 0.3) is 0 Å². The topological polar surface area (TPSA) is 61.4 Å². The zero-order valence-electron chi connectivity index (χ0n) is 11.7. The van der Waals surface area contributed by atoms with E-state index in [4.69, 9.17) is 0 Å². The van der Waals surface area contributed by atoms with Gasteiger partial charge in [0.2, 0.25) is 11.8 Å². The molecule has 0 bridgehead atoms. The zero-order valence-corrected chi connectivity index (χ0v) is 11.7. The van der Waals surface area contributed by atoms with Crippen LogP contribution in [0.15, 0.2) is 0 Å². The van der Waals surface area contributed by atoms with Crippen molar-refractivity contribution in [2.45, 2.75) is 44.6 Å². The molecule has 0 saturated heterocycles. The Labute approximate surface area is 109 Å². The summed E-state index contributed by atoms with van der Waals surface area (Å²) in [6.07, 6.45) is 4.68. The molecule has 1 saturated carbocycles. The van der Waals surface area contributed by atoms with Crippen molar-refractivity contribution in [1.29, 1.82) is 0 Å². The smallest absolute Gasteiger partial charge is 0.248 e. The number of hydrogen-bond donors (Lipinski definition) is 2. The molecule has 1 fully saturated rings. The van der Waals surface area contributed by atoms with E-state index in [1.54, 1.807) is 11.9 Å². The van der Waals surface area contributed by atoms with E-state index in [-0.39, 0.29) is 11.8 Å². The Morgan fingerprint density at radius 2 is 1.83 bits per heavy atom. The Morgan fingerprint density at radius 1 is 1.22 bits per heavy atom. The number of amides is 2. The predicted octanol–water partition coefficient (Wildman–Crippen LogP) is 0.503. The standard InChI is InChI=1S/C13H25N3O2/c1-11(17)15-13(7-5-4-6-8-13)12(18)16(3)10-9-14-2/h14H,4-10H2,1-3H3,(H,15,17). The summed E-state index contributed by atoms with van der Waals surface area (Å²) in [5.74, 6) is -0.0695. The van der Waals surface area contributed by atoms with E-state index >= 15 is 0 Å². The van der Waals surface area contributed by atoms with E-state index in [1.165, 1.54) is 6.92 Å². The van der Waals surface area contributed by atoms with Crippen LogP contribution in [0.2, 0.25) is 0 Å². The highest BCUT2D eigenvalue weighted by Crippen LogP contribution is 2.29. The van der Waals surface area contributed by atoms with Gasteiger partial charge in [0.1, 0.15) is 5.54 Å². The number of nitrogens with one attached hydrogen (secondary N) is 2. The number of nitrogens with zero attached hydrogens (tertiary/aromatic N) is 1. The maximum absolute atomic E-state index is 12.5. The van der Waals surface area contributed by atoms with Crippen LogP contribution >= 0.6 is 0 Å². The third-order valence-corrected chi connectivity index (χ3v) is 3.58. The molecule has 2 N–H and O–H groups in total. The van der Waals surface area contributed by atoms with Crippen LogP contribution in [0.4, 0.5) is 0 Å². The van der Waals surface area contributed by atoms with Gasteiger partial charge in [-0.25, -0.2) is 0 Å². The minimum atomic E-state index is -0.660. The first-order chi connectivity index (χ1) is 8.52. The Hall–Kier alpha value is -1.10. The fourth-order valence-corrected chi connectivity index (χ4v) is 2.63. The fraction of sp³-hybridized carbons (Fsp3) is 0.846. The van der Waals surface area contributed by atoms with Gasteiger partial charge in [0.15, 0.2) is 0 Å². The van der Waals surface area contributed by atoms with E-state index in [0.717, 1.165) is 38.6 Å². The van der Waals surface area contributed by atoms with Crippen LogP contribution < -0.4 is 10.6 Å². The largest absolute Gasteiger partial charge is 0.342 e. The van der Waals surface area contributed by atoms with Gasteiger partial charge in [-0.15, -0.1) is 0 Å². The SMILES string of the molecule is CNCCN(C)C(=O)C1(NC(C)=O)CCCCC1. The van der Waals surface area contributed by atoms with Crippen molar-refractivity contribution in [3.63, 3.8) is 0 Å². The molecule has 0 atom stereocenters. The van der Waals surface area contributed by atoms with E-state index in [1.807, 2.05) is 7.05 Å². The van der Waals surface area contributed by atoms with E-state index in [0.29, 0.717) is 6.54 Å². The van der Waals surface area contributed by atoms with Crippen molar-refractivity contribution in [1.82, 2.24) is 15.5 Å². The molecular formula is C13H25N3O2. The minimum absolute atomic E-state index is 0.0488. The average Bonchev–Trinajstić information content (AvgIpc) is 2.35. The lowest BCUT2D eigenvalue weighted by Crippen LogP contribution is -2.60. The van der Waals surface area contributed by atoms with E-state index in [9.17, 15) is 9.59 Å². The Morgan fingerprint density at radius 3 is 2.33 bits per heavy atom. The van der Waals surface area contributed by atoms with Gasteiger partial charge in [-0.3, -0.25) is 9.59 Å². The van der Waals surface area contributed by atoms with Gasteiger partial charge in [-0.1, -0.05) is 19.3 Å². The van der Waals surface area contributed by atoms with Gasteiger partial charge >= 0.3 is 0 Å². The number of likely N-dealkylation sites (N-methyl/N-ethyl adjacent to an activating group) is 2. The second-order valence-corrected chi connectivity index (χ2v) is 5.15. The van der Waals surface area contributed by atoms with E-state index < -0.39 is 5.54 Å². The van der Waals surface area contributed by atoms with Crippen molar-refractivity contribution >= 4 is 11.8 Å². The lowest BCUT2D eigenvalue weighted by Gasteiger charge is -2.39. The predicted molar refractivity (Wildman–Crippen MR) is 71.2 cm³/mol. The first-order valence-corrected chi connectivity index (χ1v) is 6.71. The highest BCUT2D eigenvalue weighted by Gasteiger charge is 2.41. The quantitative estimate of drug-likeness (QED) is 0.752. The summed E-state index contributed by atoms with van der Waals surface area (Å²) in [6.45, 7) is 2.91. The zero-order chi connectivity index (χ0) is 13.6. The molecule has 0 unspecified atom stereocenters. The molecule has 0 heterocycles. The van der Waals surface area contributed by atoms with E-state index in [2.05, 4.69) is 10.6 Å². The first-order valence-electron chi connectivity index (χ1n) is 6.71. The molecule has 0 aliphatic heterocycles. The summed E-state index contributed by atoms with van der Waals surface area (Å²) < 4.78 is 0. The van der Waals surface area contributed by atoms with Crippen LogP contribution in [0.5, 0.6) is 0 Å². The number of rotatable bonds is 5. The molecule has 18 heavy (non-hydrogen) atoms. The van der Waals surface area contributed by atoms with Crippen molar-refractivity contribution < 1.29 is 9.59 Å². The van der Waals surface area contributed by atoms with Crippen molar-refractivity contribution in [2.75, 3.05) is 27.2 Å². The molecule has 104 valence electrons.